The Morgan fingerprint density at radius 2 is 1.92 bits per heavy atom. The Kier molecular flexibility index (Phi) is 8.75. The first-order chi connectivity index (χ1) is 11.9. The van der Waals surface area contributed by atoms with Crippen molar-refractivity contribution in [3.05, 3.63) is 47.8 Å². The van der Waals surface area contributed by atoms with E-state index in [2.05, 4.69) is 24.0 Å². The first-order valence-corrected chi connectivity index (χ1v) is 8.86. The number of carboxylic acids is 2. The molecule has 0 spiro atoms. The highest BCUT2D eigenvalue weighted by Gasteiger charge is 2.34. The van der Waals surface area contributed by atoms with Gasteiger partial charge in [0.05, 0.1) is 5.41 Å². The van der Waals surface area contributed by atoms with E-state index in [9.17, 15) is 9.59 Å². The van der Waals surface area contributed by atoms with E-state index in [1.54, 1.807) is 0 Å². The van der Waals surface area contributed by atoms with Gasteiger partial charge in [-0.05, 0) is 38.3 Å². The predicted octanol–water partition coefficient (Wildman–Crippen LogP) is 4.58. The number of hydrogen-bond donors (Lipinski definition) is 3. The standard InChI is InChI=1S/C11H19N.C9H10O4/c1-2-3-4-5-6-8-11-9-7-10-12-11;1-9(8(12)13)4-2-3-6(5-9)7(10)11/h7,9-10,12H,2-6,8H2,1H3;2-4H,5H2,1H3,(H,10,11)(H,12,13). The second kappa shape index (κ2) is 10.5. The van der Waals surface area contributed by atoms with Gasteiger partial charge in [-0.1, -0.05) is 50.8 Å². The largest absolute Gasteiger partial charge is 0.481 e. The van der Waals surface area contributed by atoms with Gasteiger partial charge in [-0.2, -0.15) is 0 Å². The van der Waals surface area contributed by atoms with Crippen molar-refractivity contribution in [2.75, 3.05) is 0 Å². The smallest absolute Gasteiger partial charge is 0.331 e. The number of allylic oxidation sites excluding steroid dienone is 2. The second-order valence-electron chi connectivity index (χ2n) is 6.62. The van der Waals surface area contributed by atoms with Crippen LogP contribution < -0.4 is 0 Å². The maximum absolute atomic E-state index is 10.8. The minimum Gasteiger partial charge on any atom is -0.481 e. The molecule has 0 fully saturated rings. The van der Waals surface area contributed by atoms with Crippen molar-refractivity contribution < 1.29 is 19.8 Å². The van der Waals surface area contributed by atoms with Crippen LogP contribution in [0.15, 0.2) is 42.1 Å². The number of aliphatic carboxylic acids is 2. The summed E-state index contributed by atoms with van der Waals surface area (Å²) in [6.07, 6.45) is 14.5. The highest BCUT2D eigenvalue weighted by Crippen LogP contribution is 2.31. The molecule has 5 nitrogen and oxygen atoms in total. The van der Waals surface area contributed by atoms with Crippen LogP contribution in [-0.4, -0.2) is 27.1 Å². The Morgan fingerprint density at radius 1 is 1.20 bits per heavy atom. The number of carbonyl (C=O) groups is 2. The van der Waals surface area contributed by atoms with Gasteiger partial charge in [-0.25, -0.2) is 4.79 Å². The van der Waals surface area contributed by atoms with Gasteiger partial charge in [0.1, 0.15) is 0 Å². The Bertz CT molecular complexity index is 601. The zero-order chi connectivity index (χ0) is 18.7. The molecule has 1 aliphatic carbocycles. The van der Waals surface area contributed by atoms with Crippen molar-refractivity contribution in [3.63, 3.8) is 0 Å². The molecule has 1 aliphatic rings. The summed E-state index contributed by atoms with van der Waals surface area (Å²) >= 11 is 0. The van der Waals surface area contributed by atoms with E-state index in [1.807, 2.05) is 6.20 Å². The van der Waals surface area contributed by atoms with Crippen LogP contribution in [0.4, 0.5) is 0 Å². The fourth-order valence-electron chi connectivity index (χ4n) is 2.63. The van der Waals surface area contributed by atoms with Crippen LogP contribution in [0.3, 0.4) is 0 Å². The molecule has 0 aromatic carbocycles. The van der Waals surface area contributed by atoms with Crippen molar-refractivity contribution in [1.29, 1.82) is 0 Å². The maximum atomic E-state index is 10.8. The second-order valence-corrected chi connectivity index (χ2v) is 6.62. The molecule has 0 radical (unpaired) electrons. The lowest BCUT2D eigenvalue weighted by Gasteiger charge is -2.23. The molecule has 2 rings (SSSR count). The fourth-order valence-corrected chi connectivity index (χ4v) is 2.63. The topological polar surface area (TPSA) is 90.4 Å². The molecule has 0 saturated heterocycles. The summed E-state index contributed by atoms with van der Waals surface area (Å²) in [7, 11) is 0. The maximum Gasteiger partial charge on any atom is 0.331 e. The summed E-state index contributed by atoms with van der Waals surface area (Å²) < 4.78 is 0. The van der Waals surface area contributed by atoms with Crippen molar-refractivity contribution in [3.8, 4) is 0 Å². The molecule has 3 N–H and O–H groups in total. The molecule has 0 bridgehead atoms. The third-order valence-corrected chi connectivity index (χ3v) is 4.29. The number of unbranched alkanes of at least 4 members (excludes halogenated alkanes) is 4. The van der Waals surface area contributed by atoms with Crippen molar-refractivity contribution in [2.24, 2.45) is 5.41 Å². The van der Waals surface area contributed by atoms with Crippen molar-refractivity contribution in [2.45, 2.75) is 58.8 Å². The van der Waals surface area contributed by atoms with Crippen LogP contribution in [-0.2, 0) is 16.0 Å². The van der Waals surface area contributed by atoms with Gasteiger partial charge in [-0.15, -0.1) is 0 Å². The number of carboxylic acid groups (broad SMARTS) is 2. The van der Waals surface area contributed by atoms with Gasteiger partial charge in [0.2, 0.25) is 0 Å². The third-order valence-electron chi connectivity index (χ3n) is 4.29. The van der Waals surface area contributed by atoms with Crippen LogP contribution in [0.25, 0.3) is 0 Å². The molecule has 1 atom stereocenters. The first kappa shape index (κ1) is 20.7. The molecule has 0 aliphatic heterocycles. The van der Waals surface area contributed by atoms with Gasteiger partial charge in [0.15, 0.2) is 0 Å². The number of nitrogens with one attached hydrogen (secondary N) is 1. The summed E-state index contributed by atoms with van der Waals surface area (Å²) in [6.45, 7) is 3.76. The molecular weight excluding hydrogens is 318 g/mol. The average molecular weight is 347 g/mol. The third kappa shape index (κ3) is 7.42. The number of H-pyrrole nitrogens is 1. The van der Waals surface area contributed by atoms with E-state index in [0.29, 0.717) is 0 Å². The quantitative estimate of drug-likeness (QED) is 0.601. The highest BCUT2D eigenvalue weighted by atomic mass is 16.4. The van der Waals surface area contributed by atoms with E-state index < -0.39 is 17.4 Å². The lowest BCUT2D eigenvalue weighted by Crippen LogP contribution is -2.28. The molecule has 1 aromatic rings. The number of aromatic nitrogens is 1. The summed E-state index contributed by atoms with van der Waals surface area (Å²) in [4.78, 5) is 24.6. The van der Waals surface area contributed by atoms with Gasteiger partial charge < -0.3 is 15.2 Å². The van der Waals surface area contributed by atoms with Crippen LogP contribution in [0.2, 0.25) is 0 Å². The molecular formula is C20H29NO4. The van der Waals surface area contributed by atoms with E-state index in [0.717, 1.165) is 0 Å². The minimum atomic E-state index is -1.08. The number of rotatable bonds is 8. The van der Waals surface area contributed by atoms with Gasteiger partial charge >= 0.3 is 11.9 Å². The zero-order valence-corrected chi connectivity index (χ0v) is 15.1. The van der Waals surface area contributed by atoms with Crippen LogP contribution in [0, 0.1) is 5.41 Å². The normalized spacial score (nSPS) is 18.9. The lowest BCUT2D eigenvalue weighted by atomic mass is 9.80. The molecule has 0 saturated carbocycles. The van der Waals surface area contributed by atoms with Crippen molar-refractivity contribution in [1.82, 2.24) is 4.98 Å². The molecule has 1 heterocycles. The molecule has 138 valence electrons. The molecule has 25 heavy (non-hydrogen) atoms. The Morgan fingerprint density at radius 3 is 2.48 bits per heavy atom. The van der Waals surface area contributed by atoms with Crippen LogP contribution in [0.1, 0.15) is 58.1 Å². The van der Waals surface area contributed by atoms with Crippen LogP contribution in [0.5, 0.6) is 0 Å². The van der Waals surface area contributed by atoms with E-state index >= 15 is 0 Å². The first-order valence-electron chi connectivity index (χ1n) is 8.86. The number of aryl methyl sites for hydroxylation is 1. The van der Waals surface area contributed by atoms with E-state index in [4.69, 9.17) is 10.2 Å². The fraction of sp³-hybridized carbons (Fsp3) is 0.500. The highest BCUT2D eigenvalue weighted by molar-refractivity contribution is 5.90. The predicted molar refractivity (Wildman–Crippen MR) is 98.5 cm³/mol. The van der Waals surface area contributed by atoms with E-state index in [1.165, 1.54) is 69.4 Å². The molecule has 1 aromatic heterocycles. The van der Waals surface area contributed by atoms with Crippen molar-refractivity contribution >= 4 is 11.9 Å². The van der Waals surface area contributed by atoms with Gasteiger partial charge in [0, 0.05) is 17.5 Å². The SMILES string of the molecule is CC1(C(=O)O)C=CC=C(C(=O)O)C1.CCCCCCCc1ccc[nH]1. The summed E-state index contributed by atoms with van der Waals surface area (Å²) in [5.41, 5.74) is 0.432. The van der Waals surface area contributed by atoms with Gasteiger partial charge in [-0.3, -0.25) is 4.79 Å². The Hall–Kier alpha value is -2.30. The number of aromatic amines is 1. The van der Waals surface area contributed by atoms with Crippen LogP contribution >= 0.6 is 0 Å². The Balaban J connectivity index is 0.000000251. The molecule has 1 unspecified atom stereocenters. The summed E-state index contributed by atoms with van der Waals surface area (Å²) in [5.74, 6) is -2.06. The average Bonchev–Trinajstić information content (AvgIpc) is 3.08. The number of hydrogen-bond acceptors (Lipinski definition) is 2. The lowest BCUT2D eigenvalue weighted by molar-refractivity contribution is -0.145. The minimum absolute atomic E-state index is 0.0359. The Labute approximate surface area is 149 Å². The van der Waals surface area contributed by atoms with E-state index in [-0.39, 0.29) is 12.0 Å². The van der Waals surface area contributed by atoms with Gasteiger partial charge in [0.25, 0.3) is 0 Å². The zero-order valence-electron chi connectivity index (χ0n) is 15.1. The summed E-state index contributed by atoms with van der Waals surface area (Å²) in [5, 5.41) is 17.5. The monoisotopic (exact) mass is 347 g/mol. The summed E-state index contributed by atoms with van der Waals surface area (Å²) in [6, 6.07) is 4.24. The molecule has 5 heteroatoms. The molecule has 0 amide bonds.